The van der Waals surface area contributed by atoms with Crippen LogP contribution >= 0.6 is 0 Å². The van der Waals surface area contributed by atoms with Gasteiger partial charge in [0.25, 0.3) is 5.91 Å². The molecule has 0 atom stereocenters. The molecule has 0 saturated carbocycles. The Bertz CT molecular complexity index is 448. The molecule has 0 bridgehead atoms. The lowest BCUT2D eigenvalue weighted by atomic mass is 10.1. The molecule has 1 rings (SSSR count). The number of amides is 1. The number of carbonyl (C=O) groups is 1. The van der Waals surface area contributed by atoms with Crippen LogP contribution in [0.5, 0.6) is 0 Å². The SMILES string of the molecule is C=C(C)CN(C)C(=O)c1cc(F)c(F)c(F)c1. The highest BCUT2D eigenvalue weighted by Crippen LogP contribution is 2.15. The molecule has 0 unspecified atom stereocenters. The van der Waals surface area contributed by atoms with Crippen molar-refractivity contribution in [2.24, 2.45) is 0 Å². The molecule has 0 saturated heterocycles. The minimum Gasteiger partial charge on any atom is -0.338 e. The second-order valence-electron chi connectivity index (χ2n) is 3.87. The summed E-state index contributed by atoms with van der Waals surface area (Å²) in [5.74, 6) is -4.93. The van der Waals surface area contributed by atoms with Crippen molar-refractivity contribution >= 4 is 5.91 Å². The van der Waals surface area contributed by atoms with E-state index in [0.29, 0.717) is 12.1 Å². The Kier molecular flexibility index (Phi) is 3.93. The summed E-state index contributed by atoms with van der Waals surface area (Å²) in [6.07, 6.45) is 0. The number of nitrogens with zero attached hydrogens (tertiary/aromatic N) is 1. The van der Waals surface area contributed by atoms with E-state index in [-0.39, 0.29) is 12.1 Å². The maximum absolute atomic E-state index is 12.9. The average Bonchev–Trinajstić information content (AvgIpc) is 2.23. The van der Waals surface area contributed by atoms with Gasteiger partial charge in [0.2, 0.25) is 0 Å². The van der Waals surface area contributed by atoms with Crippen LogP contribution in [0.1, 0.15) is 17.3 Å². The molecular weight excluding hydrogens is 231 g/mol. The minimum atomic E-state index is -1.58. The van der Waals surface area contributed by atoms with Gasteiger partial charge in [-0.25, -0.2) is 13.2 Å². The summed E-state index contributed by atoms with van der Waals surface area (Å²) >= 11 is 0. The van der Waals surface area contributed by atoms with Gasteiger partial charge >= 0.3 is 0 Å². The van der Waals surface area contributed by atoms with Crippen LogP contribution in [0.3, 0.4) is 0 Å². The maximum atomic E-state index is 12.9. The Morgan fingerprint density at radius 3 is 2.18 bits per heavy atom. The maximum Gasteiger partial charge on any atom is 0.254 e. The van der Waals surface area contributed by atoms with Gasteiger partial charge in [0.1, 0.15) is 0 Å². The predicted molar refractivity (Wildman–Crippen MR) is 58.1 cm³/mol. The van der Waals surface area contributed by atoms with Crippen molar-refractivity contribution in [3.05, 3.63) is 47.3 Å². The van der Waals surface area contributed by atoms with Crippen molar-refractivity contribution in [2.45, 2.75) is 6.92 Å². The molecular formula is C12H12F3NO. The number of halogens is 3. The van der Waals surface area contributed by atoms with E-state index < -0.39 is 23.4 Å². The molecule has 0 aliphatic carbocycles. The molecule has 5 heteroatoms. The Balaban J connectivity index is 3.01. The topological polar surface area (TPSA) is 20.3 Å². The first kappa shape index (κ1) is 13.3. The smallest absolute Gasteiger partial charge is 0.254 e. The van der Waals surface area contributed by atoms with Gasteiger partial charge in [0, 0.05) is 19.2 Å². The summed E-state index contributed by atoms with van der Waals surface area (Å²) in [5.41, 5.74) is 0.494. The number of carbonyl (C=O) groups excluding carboxylic acids is 1. The van der Waals surface area contributed by atoms with Crippen LogP contribution in [0.4, 0.5) is 13.2 Å². The molecule has 1 aromatic carbocycles. The van der Waals surface area contributed by atoms with Crippen LogP contribution in [-0.2, 0) is 0 Å². The van der Waals surface area contributed by atoms with Gasteiger partial charge in [0.15, 0.2) is 17.5 Å². The van der Waals surface area contributed by atoms with Crippen molar-refractivity contribution < 1.29 is 18.0 Å². The quantitative estimate of drug-likeness (QED) is 0.590. The first-order valence-electron chi connectivity index (χ1n) is 4.87. The molecule has 0 aromatic heterocycles. The molecule has 92 valence electrons. The largest absolute Gasteiger partial charge is 0.338 e. The van der Waals surface area contributed by atoms with E-state index in [1.807, 2.05) is 0 Å². The van der Waals surface area contributed by atoms with E-state index in [2.05, 4.69) is 6.58 Å². The molecule has 0 N–H and O–H groups in total. The molecule has 1 aromatic rings. The number of benzene rings is 1. The number of hydrogen-bond donors (Lipinski definition) is 0. The van der Waals surface area contributed by atoms with E-state index in [1.54, 1.807) is 6.92 Å². The van der Waals surface area contributed by atoms with Gasteiger partial charge in [-0.2, -0.15) is 0 Å². The summed E-state index contributed by atoms with van der Waals surface area (Å²) in [4.78, 5) is 13.0. The van der Waals surface area contributed by atoms with Crippen LogP contribution in [-0.4, -0.2) is 24.4 Å². The number of rotatable bonds is 3. The van der Waals surface area contributed by atoms with Crippen molar-refractivity contribution in [3.63, 3.8) is 0 Å². The molecule has 0 spiro atoms. The van der Waals surface area contributed by atoms with Gasteiger partial charge < -0.3 is 4.90 Å². The fraction of sp³-hybridized carbons (Fsp3) is 0.250. The zero-order valence-corrected chi connectivity index (χ0v) is 9.56. The summed E-state index contributed by atoms with van der Waals surface area (Å²) in [7, 11) is 1.47. The van der Waals surface area contributed by atoms with Gasteiger partial charge in [-0.1, -0.05) is 12.2 Å². The van der Waals surface area contributed by atoms with E-state index >= 15 is 0 Å². The first-order chi connectivity index (χ1) is 7.82. The van der Waals surface area contributed by atoms with Crippen molar-refractivity contribution in [1.29, 1.82) is 0 Å². The Morgan fingerprint density at radius 2 is 1.76 bits per heavy atom. The molecule has 0 aliphatic heterocycles. The Morgan fingerprint density at radius 1 is 1.29 bits per heavy atom. The third-order valence-electron chi connectivity index (χ3n) is 2.08. The van der Waals surface area contributed by atoms with Gasteiger partial charge in [-0.15, -0.1) is 0 Å². The van der Waals surface area contributed by atoms with E-state index in [9.17, 15) is 18.0 Å². The number of hydrogen-bond acceptors (Lipinski definition) is 1. The third kappa shape index (κ3) is 3.09. The lowest BCUT2D eigenvalue weighted by molar-refractivity contribution is 0.0805. The minimum absolute atomic E-state index is 0.231. The third-order valence-corrected chi connectivity index (χ3v) is 2.08. The zero-order chi connectivity index (χ0) is 13.2. The van der Waals surface area contributed by atoms with Crippen LogP contribution in [0, 0.1) is 17.5 Å². The van der Waals surface area contributed by atoms with Crippen molar-refractivity contribution in [3.8, 4) is 0 Å². The summed E-state index contributed by atoms with van der Waals surface area (Å²) in [6, 6.07) is 1.35. The fourth-order valence-corrected chi connectivity index (χ4v) is 1.38. The summed E-state index contributed by atoms with van der Waals surface area (Å²) < 4.78 is 38.5. The molecule has 1 amide bonds. The Labute approximate surface area is 97.3 Å². The second-order valence-corrected chi connectivity index (χ2v) is 3.87. The van der Waals surface area contributed by atoms with Crippen LogP contribution < -0.4 is 0 Å². The summed E-state index contributed by atoms with van der Waals surface area (Å²) in [5, 5.41) is 0. The van der Waals surface area contributed by atoms with Crippen molar-refractivity contribution in [1.82, 2.24) is 4.90 Å². The lowest BCUT2D eigenvalue weighted by Crippen LogP contribution is -2.28. The average molecular weight is 243 g/mol. The molecule has 0 fully saturated rings. The lowest BCUT2D eigenvalue weighted by Gasteiger charge is -2.17. The van der Waals surface area contributed by atoms with E-state index in [0.717, 1.165) is 5.57 Å². The van der Waals surface area contributed by atoms with Crippen LogP contribution in [0.2, 0.25) is 0 Å². The molecule has 17 heavy (non-hydrogen) atoms. The molecule has 2 nitrogen and oxygen atoms in total. The molecule has 0 aliphatic rings. The van der Waals surface area contributed by atoms with Gasteiger partial charge in [-0.05, 0) is 19.1 Å². The summed E-state index contributed by atoms with van der Waals surface area (Å²) in [6.45, 7) is 5.60. The number of likely N-dealkylation sites (N-methyl/N-ethyl adjacent to an activating group) is 1. The standard InChI is InChI=1S/C12H12F3NO/c1-7(2)6-16(3)12(17)8-4-9(13)11(15)10(14)5-8/h4-5H,1,6H2,2-3H3. The van der Waals surface area contributed by atoms with Gasteiger partial charge in [-0.3, -0.25) is 4.79 Å². The van der Waals surface area contributed by atoms with Crippen LogP contribution in [0.15, 0.2) is 24.3 Å². The highest BCUT2D eigenvalue weighted by molar-refractivity contribution is 5.94. The zero-order valence-electron chi connectivity index (χ0n) is 9.56. The van der Waals surface area contributed by atoms with Crippen LogP contribution in [0.25, 0.3) is 0 Å². The highest BCUT2D eigenvalue weighted by atomic mass is 19.2. The van der Waals surface area contributed by atoms with Crippen molar-refractivity contribution in [2.75, 3.05) is 13.6 Å². The first-order valence-corrected chi connectivity index (χ1v) is 4.87. The highest BCUT2D eigenvalue weighted by Gasteiger charge is 2.17. The fourth-order valence-electron chi connectivity index (χ4n) is 1.38. The Hall–Kier alpha value is -1.78. The predicted octanol–water partition coefficient (Wildman–Crippen LogP) is 2.75. The normalized spacial score (nSPS) is 10.2. The monoisotopic (exact) mass is 243 g/mol. The van der Waals surface area contributed by atoms with E-state index in [4.69, 9.17) is 0 Å². The van der Waals surface area contributed by atoms with E-state index in [1.165, 1.54) is 11.9 Å². The molecule has 0 heterocycles. The second kappa shape index (κ2) is 5.03. The van der Waals surface area contributed by atoms with Gasteiger partial charge in [0.05, 0.1) is 0 Å². The molecule has 0 radical (unpaired) electrons.